The van der Waals surface area contributed by atoms with E-state index in [0.717, 1.165) is 0 Å². The molecule has 1 N–H and O–H groups in total. The summed E-state index contributed by atoms with van der Waals surface area (Å²) in [4.78, 5) is 12.4. The second-order valence-corrected chi connectivity index (χ2v) is 4.29. The number of hydrogen-bond donors (Lipinski definition) is 1. The van der Waals surface area contributed by atoms with Crippen LogP contribution in [0.15, 0.2) is 24.5 Å². The van der Waals surface area contributed by atoms with Gasteiger partial charge in [-0.15, -0.1) is 0 Å². The van der Waals surface area contributed by atoms with Crippen LogP contribution in [0.25, 0.3) is 5.52 Å². The van der Waals surface area contributed by atoms with Crippen LogP contribution in [0.3, 0.4) is 0 Å². The monoisotopic (exact) mass is 253 g/mol. The van der Waals surface area contributed by atoms with Crippen LogP contribution in [0.4, 0.5) is 14.5 Å². The molecule has 0 atom stereocenters. The maximum absolute atomic E-state index is 12.8. The highest BCUT2D eigenvalue weighted by Gasteiger charge is 2.44. The number of halogens is 2. The van der Waals surface area contributed by atoms with Gasteiger partial charge in [-0.3, -0.25) is 0 Å². The van der Waals surface area contributed by atoms with Gasteiger partial charge in [-0.1, -0.05) is 0 Å². The fraction of sp³-hybridized carbons (Fsp3) is 0.273. The van der Waals surface area contributed by atoms with E-state index in [0.29, 0.717) is 11.2 Å². The minimum absolute atomic E-state index is 0.0930. The molecule has 5 nitrogen and oxygen atoms in total. The van der Waals surface area contributed by atoms with Crippen molar-refractivity contribution in [1.29, 1.82) is 0 Å². The van der Waals surface area contributed by atoms with E-state index in [-0.39, 0.29) is 18.7 Å². The Morgan fingerprint density at radius 1 is 1.39 bits per heavy atom. The highest BCUT2D eigenvalue weighted by Crippen LogP contribution is 2.31. The Morgan fingerprint density at radius 2 is 2.11 bits per heavy atom. The Morgan fingerprint density at radius 3 is 2.72 bits per heavy atom. The predicted molar refractivity (Wildman–Crippen MR) is 59.3 cm³/mol. The van der Waals surface area contributed by atoms with Crippen LogP contribution in [0.5, 0.6) is 0 Å². The number of aromatic nitrogens is 2. The molecule has 0 amide bonds. The smallest absolute Gasteiger partial charge is 0.339 e. The van der Waals surface area contributed by atoms with Gasteiger partial charge in [-0.2, -0.15) is 5.10 Å². The molecule has 1 saturated heterocycles. The minimum atomic E-state index is -2.63. The van der Waals surface area contributed by atoms with Crippen molar-refractivity contribution < 1.29 is 18.7 Å². The molecular weight excluding hydrogens is 244 g/mol. The lowest BCUT2D eigenvalue weighted by Gasteiger charge is -2.40. The summed E-state index contributed by atoms with van der Waals surface area (Å²) < 4.78 is 26.9. The Hall–Kier alpha value is -2.18. The first-order valence-corrected chi connectivity index (χ1v) is 5.30. The van der Waals surface area contributed by atoms with Crippen molar-refractivity contribution in [1.82, 2.24) is 9.61 Å². The van der Waals surface area contributed by atoms with Crippen LogP contribution < -0.4 is 4.90 Å². The van der Waals surface area contributed by atoms with Gasteiger partial charge in [0, 0.05) is 0 Å². The summed E-state index contributed by atoms with van der Waals surface area (Å²) in [5.74, 6) is -3.70. The maximum Gasteiger partial charge on any atom is 0.339 e. The molecule has 94 valence electrons. The van der Waals surface area contributed by atoms with Gasteiger partial charge in [0.1, 0.15) is 5.56 Å². The van der Waals surface area contributed by atoms with Crippen LogP contribution in [0, 0.1) is 0 Å². The standard InChI is InChI=1S/C11H9F2N3O2/c12-11(13)5-15(6-11)7-1-2-9-8(10(17)18)3-14-16(9)4-7/h1-4H,5-6H2,(H,17,18). The van der Waals surface area contributed by atoms with Crippen molar-refractivity contribution in [3.05, 3.63) is 30.1 Å². The first kappa shape index (κ1) is 10.9. The minimum Gasteiger partial charge on any atom is -0.478 e. The predicted octanol–water partition coefficient (Wildman–Crippen LogP) is 1.49. The summed E-state index contributed by atoms with van der Waals surface area (Å²) >= 11 is 0. The van der Waals surface area contributed by atoms with Gasteiger partial charge in [0.15, 0.2) is 0 Å². The molecule has 1 aliphatic heterocycles. The second-order valence-electron chi connectivity index (χ2n) is 4.29. The van der Waals surface area contributed by atoms with Crippen LogP contribution in [0.1, 0.15) is 10.4 Å². The van der Waals surface area contributed by atoms with Crippen molar-refractivity contribution in [2.24, 2.45) is 0 Å². The van der Waals surface area contributed by atoms with Gasteiger partial charge < -0.3 is 10.0 Å². The second kappa shape index (κ2) is 3.41. The number of alkyl halides is 2. The fourth-order valence-electron chi connectivity index (χ4n) is 2.02. The number of hydrogen-bond acceptors (Lipinski definition) is 3. The number of fused-ring (bicyclic) bond motifs is 1. The first-order valence-electron chi connectivity index (χ1n) is 5.30. The molecule has 0 aromatic carbocycles. The number of nitrogens with zero attached hydrogens (tertiary/aromatic N) is 3. The van der Waals surface area contributed by atoms with E-state index < -0.39 is 11.9 Å². The van der Waals surface area contributed by atoms with Gasteiger partial charge in [0.2, 0.25) is 0 Å². The van der Waals surface area contributed by atoms with Gasteiger partial charge >= 0.3 is 5.97 Å². The lowest BCUT2D eigenvalue weighted by Crippen LogP contribution is -2.56. The zero-order valence-electron chi connectivity index (χ0n) is 9.18. The number of rotatable bonds is 2. The van der Waals surface area contributed by atoms with E-state index >= 15 is 0 Å². The molecule has 3 heterocycles. The summed E-state index contributed by atoms with van der Waals surface area (Å²) in [6.45, 7) is -0.628. The van der Waals surface area contributed by atoms with E-state index in [1.54, 1.807) is 18.3 Å². The van der Waals surface area contributed by atoms with Crippen LogP contribution >= 0.6 is 0 Å². The molecule has 2 aromatic rings. The molecule has 2 aromatic heterocycles. The molecule has 0 radical (unpaired) electrons. The normalized spacial score (nSPS) is 17.8. The number of carbonyl (C=O) groups is 1. The summed E-state index contributed by atoms with van der Waals surface area (Å²) in [5, 5.41) is 12.8. The Balaban J connectivity index is 1.96. The van der Waals surface area contributed by atoms with Gasteiger partial charge in [0.05, 0.1) is 36.7 Å². The van der Waals surface area contributed by atoms with E-state index in [2.05, 4.69) is 5.10 Å². The third-order valence-electron chi connectivity index (χ3n) is 2.94. The average Bonchev–Trinajstić information content (AvgIpc) is 2.68. The SMILES string of the molecule is O=C(O)c1cnn2cc(N3CC(F)(F)C3)ccc12. The molecule has 3 rings (SSSR count). The third-order valence-corrected chi connectivity index (χ3v) is 2.94. The van der Waals surface area contributed by atoms with Crippen molar-refractivity contribution in [3.8, 4) is 0 Å². The highest BCUT2D eigenvalue weighted by atomic mass is 19.3. The van der Waals surface area contributed by atoms with Crippen molar-refractivity contribution in [2.75, 3.05) is 18.0 Å². The van der Waals surface area contributed by atoms with Crippen LogP contribution in [0.2, 0.25) is 0 Å². The highest BCUT2D eigenvalue weighted by molar-refractivity contribution is 5.95. The van der Waals surface area contributed by atoms with Crippen LogP contribution in [-0.2, 0) is 0 Å². The lowest BCUT2D eigenvalue weighted by atomic mass is 10.1. The van der Waals surface area contributed by atoms with E-state index in [9.17, 15) is 13.6 Å². The average molecular weight is 253 g/mol. The van der Waals surface area contributed by atoms with E-state index in [1.165, 1.54) is 15.6 Å². The lowest BCUT2D eigenvalue weighted by molar-refractivity contribution is -0.0263. The maximum atomic E-state index is 12.8. The Labute approximate surface area is 100 Å². The largest absolute Gasteiger partial charge is 0.478 e. The molecule has 18 heavy (non-hydrogen) atoms. The molecule has 0 spiro atoms. The van der Waals surface area contributed by atoms with Crippen LogP contribution in [-0.4, -0.2) is 39.7 Å². The summed E-state index contributed by atoms with van der Waals surface area (Å²) in [5.41, 5.74) is 1.14. The van der Waals surface area contributed by atoms with Crippen molar-refractivity contribution in [2.45, 2.75) is 5.92 Å². The fourth-order valence-corrected chi connectivity index (χ4v) is 2.02. The summed E-state index contributed by atoms with van der Waals surface area (Å²) in [6, 6.07) is 3.20. The third kappa shape index (κ3) is 1.59. The van der Waals surface area contributed by atoms with Crippen molar-refractivity contribution in [3.63, 3.8) is 0 Å². The van der Waals surface area contributed by atoms with E-state index in [1.807, 2.05) is 0 Å². The molecule has 1 fully saturated rings. The number of pyridine rings is 1. The molecule has 0 saturated carbocycles. The summed E-state index contributed by atoms with van der Waals surface area (Å²) in [6.07, 6.45) is 2.79. The molecule has 0 bridgehead atoms. The van der Waals surface area contributed by atoms with Gasteiger partial charge in [-0.25, -0.2) is 18.1 Å². The first-order chi connectivity index (χ1) is 8.46. The molecule has 7 heteroatoms. The Kier molecular flexibility index (Phi) is 2.07. The quantitative estimate of drug-likeness (QED) is 0.880. The topological polar surface area (TPSA) is 57.8 Å². The van der Waals surface area contributed by atoms with E-state index in [4.69, 9.17) is 5.11 Å². The van der Waals surface area contributed by atoms with Crippen molar-refractivity contribution >= 4 is 17.2 Å². The number of aromatic carboxylic acids is 1. The zero-order chi connectivity index (χ0) is 12.9. The van der Waals surface area contributed by atoms with Gasteiger partial charge in [0.25, 0.3) is 5.92 Å². The Bertz CT molecular complexity index is 630. The molecule has 1 aliphatic rings. The zero-order valence-corrected chi connectivity index (χ0v) is 9.18. The van der Waals surface area contributed by atoms with Gasteiger partial charge in [-0.05, 0) is 12.1 Å². The number of anilines is 1. The molecule has 0 aliphatic carbocycles. The number of carboxylic acids is 1. The summed E-state index contributed by atoms with van der Waals surface area (Å²) in [7, 11) is 0. The molecular formula is C11H9F2N3O2. The number of carboxylic acid groups (broad SMARTS) is 1. The molecule has 0 unspecified atom stereocenters.